The molecule has 0 atom stereocenters. The molecule has 0 bridgehead atoms. The van der Waals surface area contributed by atoms with Gasteiger partial charge in [-0.1, -0.05) is 36.4 Å². The van der Waals surface area contributed by atoms with Crippen LogP contribution in [0.2, 0.25) is 0 Å². The number of hydrogen-bond acceptors (Lipinski definition) is 6. The first-order valence-electron chi connectivity index (χ1n) is 8.76. The first-order valence-corrected chi connectivity index (χ1v) is 12.0. The molecule has 0 aliphatic heterocycles. The second-order valence-corrected chi connectivity index (χ2v) is 9.49. The average Bonchev–Trinajstić information content (AvgIpc) is 2.75. The Labute approximate surface area is 181 Å². The normalized spacial score (nSPS) is 11.3. The second kappa shape index (κ2) is 8.96. The highest BCUT2D eigenvalue weighted by Gasteiger charge is 2.21. The zero-order chi connectivity index (χ0) is 23.5. The number of hydrogen-bond donors (Lipinski definition) is 4. The molecule has 1 aromatic carbocycles. The van der Waals surface area contributed by atoms with Crippen molar-refractivity contribution in [3.05, 3.63) is 82.5 Å². The third-order valence-corrected chi connectivity index (χ3v) is 5.96. The molecule has 0 amide bonds. The molecule has 0 unspecified atom stereocenters. The van der Waals surface area contributed by atoms with Gasteiger partial charge in [0.2, 0.25) is 0 Å². The molecule has 4 N–H and O–H groups in total. The fourth-order valence-corrected chi connectivity index (χ4v) is 3.83. The van der Waals surface area contributed by atoms with Crippen molar-refractivity contribution < 1.29 is 28.7 Å². The topological polar surface area (TPSA) is 188 Å². The molecule has 2 heterocycles. The molecule has 0 saturated carbocycles. The van der Waals surface area contributed by atoms with Crippen molar-refractivity contribution in [1.29, 1.82) is 10.5 Å². The zero-order valence-electron chi connectivity index (χ0n) is 16.1. The van der Waals surface area contributed by atoms with E-state index >= 15 is 0 Å². The molecule has 3 rings (SSSR count). The van der Waals surface area contributed by atoms with Crippen molar-refractivity contribution in [2.75, 3.05) is 0 Å². The Hall–Kier alpha value is -3.46. The van der Waals surface area contributed by atoms with Gasteiger partial charge in [-0.15, -0.1) is 0 Å². The van der Waals surface area contributed by atoms with E-state index < -0.39 is 26.1 Å². The first kappa shape index (κ1) is 23.2. The van der Waals surface area contributed by atoms with Crippen LogP contribution in [-0.4, -0.2) is 29.5 Å². The molecule has 3 aromatic rings. The molecule has 0 aliphatic carbocycles. The van der Waals surface area contributed by atoms with Crippen molar-refractivity contribution in [1.82, 2.24) is 9.97 Å². The Bertz CT molecular complexity index is 1370. The summed E-state index contributed by atoms with van der Waals surface area (Å²) in [5, 5.41) is 19.9. The summed E-state index contributed by atoms with van der Waals surface area (Å²) in [5.41, 5.74) is -0.659. The third-order valence-electron chi connectivity index (χ3n) is 4.26. The molecule has 0 radical (unpaired) electrons. The SMILES string of the molecule is N#CC(c1cccc(P(=O)(O)O)n1)=c1ccc(=C(C#N)c2cccc(P(=O)(O)O)n2)cc1. The van der Waals surface area contributed by atoms with Gasteiger partial charge in [-0.2, -0.15) is 10.5 Å². The van der Waals surface area contributed by atoms with Crippen molar-refractivity contribution in [3.63, 3.8) is 0 Å². The van der Waals surface area contributed by atoms with Crippen molar-refractivity contribution in [2.45, 2.75) is 0 Å². The predicted octanol–water partition coefficient (Wildman–Crippen LogP) is -0.472. The molecule has 10 nitrogen and oxygen atoms in total. The van der Waals surface area contributed by atoms with Gasteiger partial charge in [-0.3, -0.25) is 9.13 Å². The molecule has 0 saturated heterocycles. The minimum absolute atomic E-state index is 0.0620. The summed E-state index contributed by atoms with van der Waals surface area (Å²) in [6, 6.07) is 18.0. The third kappa shape index (κ3) is 5.05. The van der Waals surface area contributed by atoms with E-state index in [0.717, 1.165) is 12.1 Å². The molecule has 0 fully saturated rings. The van der Waals surface area contributed by atoms with E-state index in [1.807, 2.05) is 12.1 Å². The van der Waals surface area contributed by atoms with Crippen LogP contribution in [0.5, 0.6) is 0 Å². The smallest absolute Gasteiger partial charge is 0.320 e. The number of rotatable bonds is 4. The van der Waals surface area contributed by atoms with E-state index in [-0.39, 0.29) is 22.5 Å². The van der Waals surface area contributed by atoms with E-state index in [1.54, 1.807) is 0 Å². The van der Waals surface area contributed by atoms with E-state index in [4.69, 9.17) is 0 Å². The summed E-state index contributed by atoms with van der Waals surface area (Å²) in [7, 11) is -9.20. The van der Waals surface area contributed by atoms with Crippen LogP contribution in [0.15, 0.2) is 60.7 Å². The molecular formula is C20H14N4O6P2. The first-order chi connectivity index (χ1) is 15.0. The fourth-order valence-electron chi connectivity index (χ4n) is 2.79. The summed E-state index contributed by atoms with van der Waals surface area (Å²) in [5.74, 6) is 0. The highest BCUT2D eigenvalue weighted by Crippen LogP contribution is 2.32. The van der Waals surface area contributed by atoms with Crippen LogP contribution >= 0.6 is 15.2 Å². The van der Waals surface area contributed by atoms with Gasteiger partial charge in [0.15, 0.2) is 10.9 Å². The summed E-state index contributed by atoms with van der Waals surface area (Å²) in [6.45, 7) is 0. The van der Waals surface area contributed by atoms with Gasteiger partial charge in [0, 0.05) is 0 Å². The van der Waals surface area contributed by atoms with Crippen LogP contribution in [0.25, 0.3) is 11.1 Å². The quantitative estimate of drug-likeness (QED) is 0.364. The highest BCUT2D eigenvalue weighted by molar-refractivity contribution is 7.60. The lowest BCUT2D eigenvalue weighted by Gasteiger charge is -2.06. The lowest BCUT2D eigenvalue weighted by Crippen LogP contribution is -2.17. The van der Waals surface area contributed by atoms with Gasteiger partial charge in [0.25, 0.3) is 0 Å². The van der Waals surface area contributed by atoms with Gasteiger partial charge in [0.05, 0.1) is 22.5 Å². The second-order valence-electron chi connectivity index (χ2n) is 6.40. The summed E-state index contributed by atoms with van der Waals surface area (Å²) in [4.78, 5) is 45.0. The van der Waals surface area contributed by atoms with Crippen LogP contribution in [-0.2, 0) is 9.13 Å². The zero-order valence-corrected chi connectivity index (χ0v) is 17.9. The summed E-state index contributed by atoms with van der Waals surface area (Å²) in [6.07, 6.45) is 0. The van der Waals surface area contributed by atoms with Gasteiger partial charge >= 0.3 is 15.2 Å². The maximum atomic E-state index is 11.5. The van der Waals surface area contributed by atoms with Crippen molar-refractivity contribution >= 4 is 37.2 Å². The predicted molar refractivity (Wildman–Crippen MR) is 114 cm³/mol. The standard InChI is InChI=1S/C20H14N4O6P2/c21-11-15(17-3-1-5-19(23-17)31(25,26)27)13-7-9-14(10-8-13)16(12-22)18-4-2-6-20(24-18)32(28,29)30/h1-10H,(H2,25,26,27)(H2,28,29,30). The summed E-state index contributed by atoms with van der Waals surface area (Å²) >= 11 is 0. The molecule has 32 heavy (non-hydrogen) atoms. The molecule has 160 valence electrons. The van der Waals surface area contributed by atoms with E-state index in [2.05, 4.69) is 9.97 Å². The number of benzene rings is 1. The Balaban J connectivity index is 2.17. The van der Waals surface area contributed by atoms with Gasteiger partial charge in [-0.25, -0.2) is 9.97 Å². The van der Waals surface area contributed by atoms with Crippen LogP contribution in [0, 0.1) is 22.7 Å². The summed E-state index contributed by atoms with van der Waals surface area (Å²) < 4.78 is 22.9. The van der Waals surface area contributed by atoms with E-state index in [0.29, 0.717) is 10.4 Å². The molecular weight excluding hydrogens is 454 g/mol. The molecule has 12 heteroatoms. The highest BCUT2D eigenvalue weighted by atomic mass is 31.2. The minimum atomic E-state index is -4.60. The molecule has 0 spiro atoms. The Morgan fingerprint density at radius 1 is 0.656 bits per heavy atom. The minimum Gasteiger partial charge on any atom is -0.320 e. The Kier molecular flexibility index (Phi) is 6.50. The maximum Gasteiger partial charge on any atom is 0.374 e. The fraction of sp³-hybridized carbons (Fsp3) is 0. The lowest BCUT2D eigenvalue weighted by atomic mass is 10.1. The van der Waals surface area contributed by atoms with Crippen LogP contribution < -0.4 is 21.3 Å². The monoisotopic (exact) mass is 468 g/mol. The Morgan fingerprint density at radius 2 is 1.00 bits per heavy atom. The molecule has 2 aromatic heterocycles. The number of nitriles is 2. The lowest BCUT2D eigenvalue weighted by molar-refractivity contribution is 0.384. The largest absolute Gasteiger partial charge is 0.374 e. The maximum absolute atomic E-state index is 11.5. The average molecular weight is 468 g/mol. The van der Waals surface area contributed by atoms with Crippen LogP contribution in [0.1, 0.15) is 11.4 Å². The van der Waals surface area contributed by atoms with Crippen LogP contribution in [0.4, 0.5) is 0 Å². The van der Waals surface area contributed by atoms with Gasteiger partial charge < -0.3 is 19.6 Å². The van der Waals surface area contributed by atoms with Crippen molar-refractivity contribution in [2.24, 2.45) is 0 Å². The number of aromatic nitrogens is 2. The van der Waals surface area contributed by atoms with E-state index in [9.17, 15) is 39.2 Å². The van der Waals surface area contributed by atoms with Crippen molar-refractivity contribution in [3.8, 4) is 12.1 Å². The van der Waals surface area contributed by atoms with Gasteiger partial charge in [-0.05, 0) is 34.7 Å². The van der Waals surface area contributed by atoms with E-state index in [1.165, 1.54) is 48.5 Å². The van der Waals surface area contributed by atoms with Gasteiger partial charge in [0.1, 0.15) is 12.1 Å². The van der Waals surface area contributed by atoms with Crippen LogP contribution in [0.3, 0.4) is 0 Å². The molecule has 0 aliphatic rings. The number of nitrogens with zero attached hydrogens (tertiary/aromatic N) is 4. The number of pyridine rings is 2. The Morgan fingerprint density at radius 3 is 1.28 bits per heavy atom.